The van der Waals surface area contributed by atoms with Crippen molar-refractivity contribution in [2.45, 2.75) is 5.50 Å². The zero-order valence-electron chi connectivity index (χ0n) is 11.7. The molecule has 0 aromatic heterocycles. The minimum Gasteiger partial charge on any atom is -0.507 e. The van der Waals surface area contributed by atoms with Crippen LogP contribution in [-0.2, 0) is 4.79 Å². The molecule has 0 aliphatic carbocycles. The molecule has 1 atom stereocenters. The largest absolute Gasteiger partial charge is 0.507 e. The number of para-hydroxylation sites is 1. The van der Waals surface area contributed by atoms with Crippen molar-refractivity contribution in [3.8, 4) is 5.75 Å². The molecule has 2 aromatic carbocycles. The van der Waals surface area contributed by atoms with Crippen molar-refractivity contribution in [3.63, 3.8) is 0 Å². The van der Waals surface area contributed by atoms with Crippen LogP contribution in [0.1, 0.15) is 5.56 Å². The molecule has 1 saturated heterocycles. The van der Waals surface area contributed by atoms with Crippen molar-refractivity contribution >= 4 is 45.4 Å². The first-order valence-electron chi connectivity index (χ1n) is 6.72. The Morgan fingerprint density at radius 2 is 2.09 bits per heavy atom. The molecule has 3 rings (SSSR count). The molecule has 7 heteroatoms. The molecule has 1 aliphatic heterocycles. The zero-order valence-corrected chi connectivity index (χ0v) is 14.1. The van der Waals surface area contributed by atoms with Gasteiger partial charge >= 0.3 is 0 Å². The maximum atomic E-state index is 13.6. The Labute approximate surface area is 144 Å². The minimum absolute atomic E-state index is 0.134. The highest BCUT2D eigenvalue weighted by atomic mass is 79.9. The van der Waals surface area contributed by atoms with E-state index in [-0.39, 0.29) is 17.5 Å². The third-order valence-electron chi connectivity index (χ3n) is 3.16. The van der Waals surface area contributed by atoms with Crippen molar-refractivity contribution in [2.24, 2.45) is 0 Å². The lowest BCUT2D eigenvalue weighted by atomic mass is 10.2. The van der Waals surface area contributed by atoms with E-state index in [0.29, 0.717) is 15.1 Å². The van der Waals surface area contributed by atoms with Crippen LogP contribution in [-0.4, -0.2) is 16.5 Å². The first kappa shape index (κ1) is 15.9. The second kappa shape index (κ2) is 6.64. The van der Waals surface area contributed by atoms with Gasteiger partial charge in [0.1, 0.15) is 11.6 Å². The minimum atomic E-state index is -0.439. The van der Waals surface area contributed by atoms with Gasteiger partial charge in [-0.25, -0.2) is 4.39 Å². The molecule has 0 spiro atoms. The monoisotopic (exact) mass is 394 g/mol. The quantitative estimate of drug-likeness (QED) is 0.691. The van der Waals surface area contributed by atoms with Gasteiger partial charge in [0.05, 0.1) is 15.1 Å². The van der Waals surface area contributed by atoms with E-state index in [1.165, 1.54) is 17.8 Å². The number of hydrogen-bond acceptors (Lipinski definition) is 4. The molecule has 1 amide bonds. The number of anilines is 1. The Morgan fingerprint density at radius 3 is 2.83 bits per heavy atom. The molecule has 1 fully saturated rings. The third-order valence-corrected chi connectivity index (χ3v) is 4.82. The summed E-state index contributed by atoms with van der Waals surface area (Å²) in [6.45, 7) is 0. The summed E-state index contributed by atoms with van der Waals surface area (Å²) in [6.07, 6.45) is 1.72. The smallest absolute Gasteiger partial charge is 0.260 e. The van der Waals surface area contributed by atoms with Crippen LogP contribution in [0, 0.1) is 5.82 Å². The average molecular weight is 395 g/mol. The van der Waals surface area contributed by atoms with Crippen LogP contribution in [0.4, 0.5) is 10.1 Å². The number of benzene rings is 2. The first-order chi connectivity index (χ1) is 11.0. The fraction of sp³-hybridized carbons (Fsp3) is 0.0625. The van der Waals surface area contributed by atoms with E-state index in [1.807, 2.05) is 0 Å². The van der Waals surface area contributed by atoms with Gasteiger partial charge in [0.25, 0.3) is 5.91 Å². The highest BCUT2D eigenvalue weighted by Crippen LogP contribution is 2.32. The fourth-order valence-electron chi connectivity index (χ4n) is 2.05. The van der Waals surface area contributed by atoms with Crippen molar-refractivity contribution in [1.82, 2.24) is 5.32 Å². The lowest BCUT2D eigenvalue weighted by Gasteiger charge is -2.12. The van der Waals surface area contributed by atoms with Crippen LogP contribution in [0.3, 0.4) is 0 Å². The van der Waals surface area contributed by atoms with E-state index >= 15 is 0 Å². The fourth-order valence-corrected chi connectivity index (χ4v) is 3.42. The van der Waals surface area contributed by atoms with E-state index in [2.05, 4.69) is 26.6 Å². The number of thioether (sulfide) groups is 1. The van der Waals surface area contributed by atoms with Gasteiger partial charge in [0.2, 0.25) is 0 Å². The molecule has 1 aliphatic rings. The summed E-state index contributed by atoms with van der Waals surface area (Å²) in [7, 11) is 0. The summed E-state index contributed by atoms with van der Waals surface area (Å²) in [6, 6.07) is 11.3. The molecule has 4 nitrogen and oxygen atoms in total. The van der Waals surface area contributed by atoms with Crippen LogP contribution in [0.2, 0.25) is 0 Å². The second-order valence-corrected chi connectivity index (χ2v) is 6.82. The van der Waals surface area contributed by atoms with Crippen LogP contribution in [0.15, 0.2) is 51.8 Å². The summed E-state index contributed by atoms with van der Waals surface area (Å²) in [5.74, 6) is -0.468. The van der Waals surface area contributed by atoms with Crippen molar-refractivity contribution in [1.29, 1.82) is 0 Å². The molecule has 1 heterocycles. The number of phenolic OH excluding ortho intramolecular Hbond substituents is 1. The van der Waals surface area contributed by atoms with Gasteiger partial charge in [-0.15, -0.1) is 0 Å². The Hall–Kier alpha value is -1.99. The predicted octanol–water partition coefficient (Wildman–Crippen LogP) is 3.89. The standard InChI is InChI=1S/C16H12BrFN2O2S/c17-10-7-9(5-6-13(10)21)8-14-15(22)20-16(23-14)19-12-4-2-1-3-11(12)18/h1-8,16,19,21H,(H,20,22)/b14-8-. The molecule has 0 saturated carbocycles. The Morgan fingerprint density at radius 1 is 1.30 bits per heavy atom. The third kappa shape index (κ3) is 3.68. The molecule has 2 aromatic rings. The first-order valence-corrected chi connectivity index (χ1v) is 8.39. The van der Waals surface area contributed by atoms with Crippen molar-refractivity contribution in [2.75, 3.05) is 5.32 Å². The Bertz CT molecular complexity index is 797. The summed E-state index contributed by atoms with van der Waals surface area (Å²) < 4.78 is 14.2. The van der Waals surface area contributed by atoms with Gasteiger partial charge in [-0.3, -0.25) is 4.79 Å². The van der Waals surface area contributed by atoms with Gasteiger partial charge in [-0.2, -0.15) is 0 Å². The molecular formula is C16H12BrFN2O2S. The van der Waals surface area contributed by atoms with E-state index < -0.39 is 5.50 Å². The molecule has 1 unspecified atom stereocenters. The van der Waals surface area contributed by atoms with E-state index in [0.717, 1.165) is 5.56 Å². The maximum absolute atomic E-state index is 13.6. The molecule has 3 N–H and O–H groups in total. The summed E-state index contributed by atoms with van der Waals surface area (Å²) in [5.41, 5.74) is 0.670. The van der Waals surface area contributed by atoms with E-state index in [9.17, 15) is 14.3 Å². The van der Waals surface area contributed by atoms with E-state index in [1.54, 1.807) is 42.5 Å². The lowest BCUT2D eigenvalue weighted by Crippen LogP contribution is -2.31. The topological polar surface area (TPSA) is 61.4 Å². The lowest BCUT2D eigenvalue weighted by molar-refractivity contribution is -0.116. The van der Waals surface area contributed by atoms with Gasteiger partial charge in [-0.1, -0.05) is 30.0 Å². The molecule has 118 valence electrons. The number of carbonyl (C=O) groups is 1. The highest BCUT2D eigenvalue weighted by Gasteiger charge is 2.27. The number of rotatable bonds is 3. The van der Waals surface area contributed by atoms with Gasteiger partial charge in [-0.05, 0) is 51.8 Å². The van der Waals surface area contributed by atoms with Crippen LogP contribution >= 0.6 is 27.7 Å². The van der Waals surface area contributed by atoms with Crippen LogP contribution in [0.25, 0.3) is 6.08 Å². The van der Waals surface area contributed by atoms with E-state index in [4.69, 9.17) is 0 Å². The summed E-state index contributed by atoms with van der Waals surface area (Å²) in [5, 5.41) is 15.2. The summed E-state index contributed by atoms with van der Waals surface area (Å²) >= 11 is 4.51. The van der Waals surface area contributed by atoms with Crippen LogP contribution < -0.4 is 10.6 Å². The van der Waals surface area contributed by atoms with Crippen molar-refractivity contribution in [3.05, 3.63) is 63.2 Å². The second-order valence-electron chi connectivity index (χ2n) is 4.81. The Kier molecular flexibility index (Phi) is 4.58. The molecular weight excluding hydrogens is 383 g/mol. The number of carbonyl (C=O) groups excluding carboxylic acids is 1. The predicted molar refractivity (Wildman–Crippen MR) is 93.3 cm³/mol. The number of phenols is 1. The molecule has 0 radical (unpaired) electrons. The normalized spacial score (nSPS) is 19.0. The van der Waals surface area contributed by atoms with Gasteiger partial charge < -0.3 is 15.7 Å². The molecule has 0 bridgehead atoms. The number of aromatic hydroxyl groups is 1. The SMILES string of the molecule is O=C1NC(Nc2ccccc2F)S/C1=C\c1ccc(O)c(Br)c1. The number of amides is 1. The average Bonchev–Trinajstić information content (AvgIpc) is 2.85. The van der Waals surface area contributed by atoms with Gasteiger partial charge in [0, 0.05) is 0 Å². The number of nitrogens with one attached hydrogen (secondary N) is 2. The number of halogens is 2. The Balaban J connectivity index is 1.75. The van der Waals surface area contributed by atoms with Gasteiger partial charge in [0.15, 0.2) is 5.50 Å². The molecule has 23 heavy (non-hydrogen) atoms. The van der Waals surface area contributed by atoms with Crippen molar-refractivity contribution < 1.29 is 14.3 Å². The highest BCUT2D eigenvalue weighted by molar-refractivity contribution is 9.10. The zero-order chi connectivity index (χ0) is 16.4. The summed E-state index contributed by atoms with van der Waals surface area (Å²) in [4.78, 5) is 12.5. The number of hydrogen-bond donors (Lipinski definition) is 3. The maximum Gasteiger partial charge on any atom is 0.260 e. The van der Waals surface area contributed by atoms with Crippen LogP contribution in [0.5, 0.6) is 5.75 Å².